The second-order valence-corrected chi connectivity index (χ2v) is 18.4. The number of nitrogens with zero attached hydrogens (tertiary/aromatic N) is 4. The zero-order valence-corrected chi connectivity index (χ0v) is 37.2. The molecule has 0 aliphatic heterocycles. The zero-order valence-electron chi connectivity index (χ0n) is 50.2. The van der Waals surface area contributed by atoms with Crippen LogP contribution >= 0.6 is 0 Å². The molecular weight excluding hydrogens is 817 g/mol. The summed E-state index contributed by atoms with van der Waals surface area (Å²) in [7, 11) is 0. The third-order valence-corrected chi connectivity index (χ3v) is 13.1. The molecule has 11 aromatic rings. The first-order valence-electron chi connectivity index (χ1n) is 28.7. The summed E-state index contributed by atoms with van der Waals surface area (Å²) in [6.07, 6.45) is 5.85. The highest BCUT2D eigenvalue weighted by atomic mass is 16.5. The molecule has 0 spiro atoms. The lowest BCUT2D eigenvalue weighted by Gasteiger charge is -2.22. The SMILES string of the molecule is [2H]c1c([2H])c([2H])c(-c2cnc(-n3c4ccccc4c4ccc(Oc5cccc(-n6[c-][n+](-c7c(-c8ccc9c(c8)C(C)(C)CC9(C)C)cccc7-c7c([2H])c([2H])c([2H])c([2H])c7[2H])c7ccccc76)c5)cc43)cc2C([2H])([2H])[2H])c([2H])c1[2H]. The maximum absolute atomic E-state index is 9.19. The Morgan fingerprint density at radius 3 is 2.06 bits per heavy atom. The van der Waals surface area contributed by atoms with Gasteiger partial charge in [0.1, 0.15) is 17.3 Å². The maximum Gasteiger partial charge on any atom is 0.269 e. The smallest absolute Gasteiger partial charge is 0.269 e. The molecule has 0 saturated heterocycles. The van der Waals surface area contributed by atoms with Gasteiger partial charge in [-0.05, 0) is 111 Å². The van der Waals surface area contributed by atoms with Crippen molar-refractivity contribution in [1.82, 2.24) is 14.1 Å². The van der Waals surface area contributed by atoms with E-state index in [9.17, 15) is 2.74 Å². The van der Waals surface area contributed by atoms with Gasteiger partial charge in [0.15, 0.2) is 0 Å². The minimum absolute atomic E-state index is 0.0424. The molecule has 0 amide bonds. The summed E-state index contributed by atoms with van der Waals surface area (Å²) in [5, 5.41) is 1.67. The number of aryl methyl sites for hydroxylation is 1. The highest BCUT2D eigenvalue weighted by Crippen LogP contribution is 2.50. The lowest BCUT2D eigenvalue weighted by atomic mass is 9.82. The van der Waals surface area contributed by atoms with Gasteiger partial charge in [-0.1, -0.05) is 173 Å². The summed E-state index contributed by atoms with van der Waals surface area (Å²) in [5.41, 5.74) is 8.04. The fourth-order valence-electron chi connectivity index (χ4n) is 10.4. The van der Waals surface area contributed by atoms with Crippen molar-refractivity contribution < 1.29 is 27.1 Å². The predicted molar refractivity (Wildman–Crippen MR) is 274 cm³/mol. The first-order valence-corrected chi connectivity index (χ1v) is 22.2. The van der Waals surface area contributed by atoms with Gasteiger partial charge in [-0.15, -0.1) is 0 Å². The molecule has 12 rings (SSSR count). The van der Waals surface area contributed by atoms with Gasteiger partial charge in [0.25, 0.3) is 6.33 Å². The summed E-state index contributed by atoms with van der Waals surface area (Å²) < 4.78 is 124. The Morgan fingerprint density at radius 1 is 0.597 bits per heavy atom. The van der Waals surface area contributed by atoms with E-state index in [4.69, 9.17) is 24.8 Å². The van der Waals surface area contributed by atoms with Crippen molar-refractivity contribution in [2.24, 2.45) is 0 Å². The van der Waals surface area contributed by atoms with E-state index in [1.165, 1.54) is 23.4 Å². The fraction of sp³-hybridized carbons (Fsp3) is 0.129. The minimum Gasteiger partial charge on any atom is -0.458 e. The van der Waals surface area contributed by atoms with E-state index in [-0.39, 0.29) is 51.0 Å². The number of hydrogen-bond donors (Lipinski definition) is 0. The molecule has 8 aromatic carbocycles. The molecule has 1 aliphatic carbocycles. The van der Waals surface area contributed by atoms with E-state index in [0.29, 0.717) is 39.5 Å². The molecule has 0 N–H and O–H groups in total. The molecule has 324 valence electrons. The summed E-state index contributed by atoms with van der Waals surface area (Å²) >= 11 is 0. The Balaban J connectivity index is 0.990. The van der Waals surface area contributed by atoms with Crippen molar-refractivity contribution in [1.29, 1.82) is 0 Å². The first kappa shape index (κ1) is 28.8. The monoisotopic (exact) mass is 879 g/mol. The second kappa shape index (κ2) is 15.6. The standard InChI is InChI=1S/C62H50N4O/c1-41-34-59(63-38-52(41)43-20-10-7-11-21-43)66-55-27-13-12-24-50(55)51-32-31-47(37-58(51)66)67-46-23-16-22-45(36-46)64-40-65(57-29-15-14-28-56(57)64)60-48(42-18-8-6-9-19-42)25-17-26-49(60)44-30-33-53-54(35-44)62(4,5)39-61(53,2)3/h6-38H,39H2,1-5H3/i1D3,6D,7D,8D,9D,10D,11D,18D,19D,20D,21D. The molecule has 5 nitrogen and oxygen atoms in total. The van der Waals surface area contributed by atoms with E-state index in [0.717, 1.165) is 39.4 Å². The number of para-hydroxylation sites is 4. The quantitative estimate of drug-likeness (QED) is 0.113. The molecule has 3 aromatic heterocycles. The number of rotatable bonds is 8. The maximum atomic E-state index is 9.19. The van der Waals surface area contributed by atoms with Crippen LogP contribution in [0.4, 0.5) is 0 Å². The van der Waals surface area contributed by atoms with Crippen LogP contribution in [0.1, 0.15) is 68.6 Å². The van der Waals surface area contributed by atoms with Gasteiger partial charge in [-0.3, -0.25) is 13.7 Å². The molecular formula is C62H50N4O. The third kappa shape index (κ3) is 6.84. The molecule has 0 radical (unpaired) electrons. The highest BCUT2D eigenvalue weighted by Gasteiger charge is 2.42. The Hall–Kier alpha value is -8.02. The van der Waals surface area contributed by atoms with Gasteiger partial charge >= 0.3 is 0 Å². The Bertz CT molecular complexity index is 4380. The number of imidazole rings is 1. The van der Waals surface area contributed by atoms with Crippen LogP contribution < -0.4 is 9.30 Å². The van der Waals surface area contributed by atoms with Crippen LogP contribution in [0.5, 0.6) is 11.5 Å². The van der Waals surface area contributed by atoms with Crippen LogP contribution in [-0.2, 0) is 10.8 Å². The van der Waals surface area contributed by atoms with E-state index >= 15 is 0 Å². The molecule has 0 atom stereocenters. The molecule has 0 bridgehead atoms. The molecule has 3 heterocycles. The number of ether oxygens (including phenoxy) is 1. The van der Waals surface area contributed by atoms with Gasteiger partial charge in [-0.2, -0.15) is 0 Å². The van der Waals surface area contributed by atoms with Crippen molar-refractivity contribution in [3.8, 4) is 62.1 Å². The van der Waals surface area contributed by atoms with E-state index < -0.39 is 55.2 Å². The number of benzene rings is 8. The molecule has 1 aliphatic rings. The van der Waals surface area contributed by atoms with Gasteiger partial charge in [0.2, 0.25) is 0 Å². The molecule has 0 saturated carbocycles. The number of fused-ring (bicyclic) bond motifs is 5. The van der Waals surface area contributed by atoms with Gasteiger partial charge in [0.05, 0.1) is 47.1 Å². The Labute approximate surface area is 410 Å². The van der Waals surface area contributed by atoms with Crippen LogP contribution in [0, 0.1) is 13.2 Å². The lowest BCUT2D eigenvalue weighted by molar-refractivity contribution is -0.571. The van der Waals surface area contributed by atoms with Crippen LogP contribution in [0.3, 0.4) is 0 Å². The van der Waals surface area contributed by atoms with Gasteiger partial charge in [-0.25, -0.2) is 4.98 Å². The zero-order chi connectivity index (χ0) is 56.6. The average Bonchev–Trinajstić information content (AvgIpc) is 4.13. The van der Waals surface area contributed by atoms with Crippen LogP contribution in [-0.4, -0.2) is 14.1 Å². The minimum atomic E-state index is -2.78. The van der Waals surface area contributed by atoms with Crippen molar-refractivity contribution in [2.75, 3.05) is 0 Å². The van der Waals surface area contributed by atoms with Gasteiger partial charge in [0, 0.05) is 32.7 Å². The summed E-state index contributed by atoms with van der Waals surface area (Å²) in [6.45, 7) is 6.28. The highest BCUT2D eigenvalue weighted by molar-refractivity contribution is 6.09. The summed E-state index contributed by atoms with van der Waals surface area (Å²) in [6, 6.07) is 37.3. The normalized spacial score (nSPS) is 16.9. The number of hydrogen-bond acceptors (Lipinski definition) is 2. The van der Waals surface area contributed by atoms with E-state index in [2.05, 4.69) is 52.2 Å². The summed E-state index contributed by atoms with van der Waals surface area (Å²) in [4.78, 5) is 4.72. The van der Waals surface area contributed by atoms with Crippen molar-refractivity contribution in [3.05, 3.63) is 223 Å². The lowest BCUT2D eigenvalue weighted by Crippen LogP contribution is -2.31. The van der Waals surface area contributed by atoms with Crippen LogP contribution in [0.25, 0.3) is 83.4 Å². The number of aromatic nitrogens is 4. The third-order valence-electron chi connectivity index (χ3n) is 13.1. The van der Waals surface area contributed by atoms with Crippen molar-refractivity contribution in [2.45, 2.75) is 51.8 Å². The van der Waals surface area contributed by atoms with Gasteiger partial charge < -0.3 is 4.74 Å². The van der Waals surface area contributed by atoms with E-state index in [1.54, 1.807) is 6.07 Å². The second-order valence-electron chi connectivity index (χ2n) is 18.4. The topological polar surface area (TPSA) is 35.9 Å². The van der Waals surface area contributed by atoms with Crippen molar-refractivity contribution in [3.63, 3.8) is 0 Å². The molecule has 67 heavy (non-hydrogen) atoms. The number of pyridine rings is 1. The van der Waals surface area contributed by atoms with Crippen LogP contribution in [0.15, 0.2) is 200 Å². The predicted octanol–water partition coefficient (Wildman–Crippen LogP) is 15.3. The van der Waals surface area contributed by atoms with E-state index in [1.807, 2.05) is 117 Å². The Kier molecular flexibility index (Phi) is 6.69. The molecule has 5 heteroatoms. The Morgan fingerprint density at radius 2 is 1.27 bits per heavy atom. The van der Waals surface area contributed by atoms with Crippen LogP contribution in [0.2, 0.25) is 0 Å². The molecule has 0 unspecified atom stereocenters. The first-order chi connectivity index (χ1) is 38.0. The summed E-state index contributed by atoms with van der Waals surface area (Å²) in [5.74, 6) is 1.14. The largest absolute Gasteiger partial charge is 0.458 e. The average molecular weight is 880 g/mol. The molecule has 0 fully saturated rings. The fourth-order valence-corrected chi connectivity index (χ4v) is 10.4. The van der Waals surface area contributed by atoms with Crippen molar-refractivity contribution >= 4 is 32.8 Å².